The Kier molecular flexibility index (Phi) is 5.56. The molecule has 5 rings (SSSR count). The van der Waals surface area contributed by atoms with Crippen LogP contribution < -0.4 is 15.6 Å². The van der Waals surface area contributed by atoms with Gasteiger partial charge in [0.05, 0.1) is 16.6 Å². The number of benzene rings is 2. The van der Waals surface area contributed by atoms with Crippen molar-refractivity contribution in [2.24, 2.45) is 5.14 Å². The Balaban J connectivity index is 1.80. The van der Waals surface area contributed by atoms with Crippen molar-refractivity contribution in [1.82, 2.24) is 40.2 Å². The Morgan fingerprint density at radius 1 is 1.14 bits per heavy atom. The number of para-hydroxylation sites is 1. The first-order valence-corrected chi connectivity index (χ1v) is 13.5. The average molecular weight is 519 g/mol. The highest BCUT2D eigenvalue weighted by Crippen LogP contribution is 2.40. The highest BCUT2D eigenvalue weighted by molar-refractivity contribution is 7.92. The van der Waals surface area contributed by atoms with Crippen molar-refractivity contribution in [3.05, 3.63) is 30.3 Å². The third kappa shape index (κ3) is 4.25. The van der Waals surface area contributed by atoms with Gasteiger partial charge in [-0.05, 0) is 42.9 Å². The number of hydrogen-bond donors (Lipinski definition) is 5. The fraction of sp³-hybridized carbons (Fsp3) is 0.263. The Bertz CT molecular complexity index is 1630. The summed E-state index contributed by atoms with van der Waals surface area (Å²) in [5.74, 6) is 0.00680. The van der Waals surface area contributed by atoms with Crippen molar-refractivity contribution < 1.29 is 16.8 Å². The molecule has 0 spiro atoms. The number of tetrazole rings is 1. The molecule has 1 fully saturated rings. The maximum absolute atomic E-state index is 13.4. The summed E-state index contributed by atoms with van der Waals surface area (Å²) in [6, 6.07) is 7.44. The largest absolute Gasteiger partial charge is 0.369 e. The van der Waals surface area contributed by atoms with Gasteiger partial charge in [-0.15, -0.1) is 10.2 Å². The first kappa shape index (κ1) is 23.3. The number of fused-ring (bicyclic) bond motifs is 1. The van der Waals surface area contributed by atoms with Crippen LogP contribution >= 0.6 is 0 Å². The molecule has 16 heteroatoms. The predicted octanol–water partition coefficient (Wildman–Crippen LogP) is -0.378. The number of sulfonamides is 2. The van der Waals surface area contributed by atoms with Crippen LogP contribution in [0.5, 0.6) is 0 Å². The van der Waals surface area contributed by atoms with Crippen LogP contribution in [0.15, 0.2) is 40.1 Å². The van der Waals surface area contributed by atoms with Crippen molar-refractivity contribution in [2.75, 3.05) is 25.9 Å². The third-order valence-electron chi connectivity index (χ3n) is 5.80. The van der Waals surface area contributed by atoms with Crippen molar-refractivity contribution in [3.63, 3.8) is 0 Å². The summed E-state index contributed by atoms with van der Waals surface area (Å²) in [5.41, 5.74) is 7.49. The number of nitrogens with two attached hydrogens (primary N) is 2. The number of aromatic amines is 2. The Hall–Kier alpha value is -3.44. The van der Waals surface area contributed by atoms with Gasteiger partial charge in [0.25, 0.3) is 0 Å². The van der Waals surface area contributed by atoms with Crippen molar-refractivity contribution in [2.45, 2.75) is 22.3 Å². The van der Waals surface area contributed by atoms with Gasteiger partial charge in [-0.1, -0.05) is 18.2 Å². The van der Waals surface area contributed by atoms with Gasteiger partial charge in [0.1, 0.15) is 9.79 Å². The number of primary sulfonamides is 1. The highest BCUT2D eigenvalue weighted by atomic mass is 32.2. The number of rotatable bonds is 6. The molecule has 0 radical (unpaired) electrons. The number of likely N-dealkylation sites (N-methyl/N-ethyl adjacent to an activating group) is 1. The number of aromatic nitrogens is 6. The fourth-order valence-electron chi connectivity index (χ4n) is 4.35. The summed E-state index contributed by atoms with van der Waals surface area (Å²) in [6.07, 6.45) is 0.582. The van der Waals surface area contributed by atoms with E-state index in [2.05, 4.69) is 35.3 Å². The maximum atomic E-state index is 13.4. The second-order valence-electron chi connectivity index (χ2n) is 8.29. The molecule has 35 heavy (non-hydrogen) atoms. The van der Waals surface area contributed by atoms with Crippen LogP contribution in [0, 0.1) is 0 Å². The van der Waals surface area contributed by atoms with Crippen molar-refractivity contribution in [3.8, 4) is 22.5 Å². The monoisotopic (exact) mass is 518 g/mol. The summed E-state index contributed by atoms with van der Waals surface area (Å²) in [4.78, 5) is 8.02. The molecule has 1 atom stereocenters. The number of hydrogen-bond acceptors (Lipinski definition) is 10. The lowest BCUT2D eigenvalue weighted by Gasteiger charge is -2.18. The second kappa shape index (κ2) is 8.35. The van der Waals surface area contributed by atoms with E-state index in [1.807, 2.05) is 11.9 Å². The van der Waals surface area contributed by atoms with E-state index in [4.69, 9.17) is 10.9 Å². The molecule has 0 amide bonds. The smallest absolute Gasteiger partial charge is 0.242 e. The molecular weight excluding hydrogens is 496 g/mol. The van der Waals surface area contributed by atoms with E-state index < -0.39 is 29.8 Å². The van der Waals surface area contributed by atoms with Crippen LogP contribution in [0.2, 0.25) is 0 Å². The van der Waals surface area contributed by atoms with Gasteiger partial charge < -0.3 is 15.6 Å². The molecule has 0 bridgehead atoms. The molecule has 2 aromatic carbocycles. The molecule has 0 aliphatic carbocycles. The van der Waals surface area contributed by atoms with Crippen molar-refractivity contribution >= 4 is 37.0 Å². The number of anilines is 1. The molecule has 14 nitrogen and oxygen atoms in total. The lowest BCUT2D eigenvalue weighted by Crippen LogP contribution is -2.37. The predicted molar refractivity (Wildman–Crippen MR) is 127 cm³/mol. The topological polar surface area (TPSA) is 219 Å². The zero-order chi connectivity index (χ0) is 25.0. The highest BCUT2D eigenvalue weighted by Gasteiger charge is 2.34. The summed E-state index contributed by atoms with van der Waals surface area (Å²) in [6.45, 7) is 1.20. The summed E-state index contributed by atoms with van der Waals surface area (Å²) >= 11 is 0. The van der Waals surface area contributed by atoms with Crippen LogP contribution in [0.4, 0.5) is 5.95 Å². The van der Waals surface area contributed by atoms with Crippen LogP contribution in [-0.4, -0.2) is 78.5 Å². The molecule has 0 saturated carbocycles. The van der Waals surface area contributed by atoms with E-state index in [1.165, 1.54) is 12.1 Å². The van der Waals surface area contributed by atoms with Gasteiger partial charge in [-0.3, -0.25) is 0 Å². The molecule has 2 aromatic heterocycles. The van der Waals surface area contributed by atoms with Crippen LogP contribution in [0.25, 0.3) is 33.5 Å². The minimum Gasteiger partial charge on any atom is -0.369 e. The minimum atomic E-state index is -4.60. The fourth-order valence-corrected chi connectivity index (χ4v) is 7.22. The third-order valence-corrected chi connectivity index (χ3v) is 8.48. The lowest BCUT2D eigenvalue weighted by molar-refractivity contribution is 0.407. The Labute approximate surface area is 200 Å². The molecule has 184 valence electrons. The van der Waals surface area contributed by atoms with Crippen molar-refractivity contribution in [1.29, 1.82) is 0 Å². The first-order chi connectivity index (χ1) is 16.5. The summed E-state index contributed by atoms with van der Waals surface area (Å²) in [7, 11) is -7.03. The Morgan fingerprint density at radius 3 is 2.60 bits per heavy atom. The molecule has 1 aliphatic rings. The molecule has 1 saturated heterocycles. The second-order valence-corrected chi connectivity index (χ2v) is 11.5. The number of nitrogen functional groups attached to an aromatic ring is 1. The summed E-state index contributed by atoms with van der Waals surface area (Å²) in [5, 5.41) is 19.2. The standard InChI is InChI=1S/C19H22N10O4S2/c1-29-8-7-10(9-29)26-35(32,33)14-6-5-11(12-3-2-4-13-16(12)23-19(20)22-13)15(17(14)34(21,30)31)18-24-27-28-25-18/h2-6,10,26H,7-9H2,1H3,(H3,20,22,23)(H2,21,30,31)(H,24,25,27,28). The summed E-state index contributed by atoms with van der Waals surface area (Å²) < 4.78 is 55.2. The average Bonchev–Trinajstić information content (AvgIpc) is 3.52. The van der Waals surface area contributed by atoms with Gasteiger partial charge in [0.15, 0.2) is 5.95 Å². The van der Waals surface area contributed by atoms with Crippen LogP contribution in [0.3, 0.4) is 0 Å². The van der Waals surface area contributed by atoms with Crippen LogP contribution in [0.1, 0.15) is 6.42 Å². The van der Waals surface area contributed by atoms with E-state index in [-0.39, 0.29) is 28.9 Å². The van der Waals surface area contributed by atoms with E-state index in [0.29, 0.717) is 36.1 Å². The zero-order valence-corrected chi connectivity index (χ0v) is 20.1. The van der Waals surface area contributed by atoms with Gasteiger partial charge in [0, 0.05) is 18.2 Å². The molecule has 7 N–H and O–H groups in total. The van der Waals surface area contributed by atoms with E-state index in [1.54, 1.807) is 18.2 Å². The van der Waals surface area contributed by atoms with E-state index >= 15 is 0 Å². The van der Waals surface area contributed by atoms with Gasteiger partial charge in [0.2, 0.25) is 25.9 Å². The zero-order valence-electron chi connectivity index (χ0n) is 18.4. The molecular formula is C19H22N10O4S2. The first-order valence-electron chi connectivity index (χ1n) is 10.4. The Morgan fingerprint density at radius 2 is 1.94 bits per heavy atom. The molecule has 4 aromatic rings. The molecule has 1 unspecified atom stereocenters. The lowest BCUT2D eigenvalue weighted by atomic mass is 9.98. The van der Waals surface area contributed by atoms with Gasteiger partial charge in [-0.2, -0.15) is 5.21 Å². The van der Waals surface area contributed by atoms with Gasteiger partial charge in [-0.25, -0.2) is 31.7 Å². The number of imidazole rings is 1. The minimum absolute atomic E-state index is 0.123. The van der Waals surface area contributed by atoms with E-state index in [0.717, 1.165) is 0 Å². The van der Waals surface area contributed by atoms with Gasteiger partial charge >= 0.3 is 0 Å². The molecule has 1 aliphatic heterocycles. The molecule has 3 heterocycles. The maximum Gasteiger partial charge on any atom is 0.242 e. The van der Waals surface area contributed by atoms with Crippen LogP contribution in [-0.2, 0) is 20.0 Å². The normalized spacial score (nSPS) is 17.4. The quantitative estimate of drug-likeness (QED) is 0.223. The number of nitrogens with zero attached hydrogens (tertiary/aromatic N) is 5. The SMILES string of the molecule is CN1CCC(NS(=O)(=O)c2ccc(-c3cccc4[nH]c(N)nc34)c(-c3nn[nH]n3)c2S(N)(=O)=O)C1. The number of H-pyrrole nitrogens is 2. The van der Waals surface area contributed by atoms with E-state index in [9.17, 15) is 16.8 Å². The number of nitrogens with one attached hydrogen (secondary N) is 3. The number of likely N-dealkylation sites (tertiary alicyclic amines) is 1.